The Balaban J connectivity index is 1.90. The molecule has 3 rings (SSSR count). The molecule has 2 aromatic carbocycles. The smallest absolute Gasteiger partial charge is 0.257 e. The van der Waals surface area contributed by atoms with Crippen molar-refractivity contribution in [2.45, 2.75) is 24.7 Å². The van der Waals surface area contributed by atoms with Crippen LogP contribution in [-0.2, 0) is 14.8 Å². The fourth-order valence-electron chi connectivity index (χ4n) is 3.08. The molecule has 0 radical (unpaired) electrons. The molecule has 6 nitrogen and oxygen atoms in total. The molecular formula is C20H23ClN2O4S. The molecule has 1 fully saturated rings. The molecule has 0 saturated carbocycles. The second-order valence-electron chi connectivity index (χ2n) is 6.85. The van der Waals surface area contributed by atoms with E-state index < -0.39 is 15.9 Å². The molecule has 0 spiro atoms. The average molecular weight is 423 g/mol. The Morgan fingerprint density at radius 1 is 1.14 bits per heavy atom. The van der Waals surface area contributed by atoms with Crippen LogP contribution in [0.4, 0.5) is 5.69 Å². The molecule has 1 saturated heterocycles. The van der Waals surface area contributed by atoms with Crippen molar-refractivity contribution < 1.29 is 17.9 Å². The predicted octanol–water partition coefficient (Wildman–Crippen LogP) is 3.74. The van der Waals surface area contributed by atoms with Crippen LogP contribution in [0.1, 0.15) is 35.7 Å². The van der Waals surface area contributed by atoms with Crippen LogP contribution in [0.25, 0.3) is 0 Å². The van der Waals surface area contributed by atoms with Crippen LogP contribution >= 0.6 is 11.6 Å². The highest BCUT2D eigenvalue weighted by Crippen LogP contribution is 2.27. The summed E-state index contributed by atoms with van der Waals surface area (Å²) in [6, 6.07) is 11.7. The first-order valence-corrected chi connectivity index (χ1v) is 10.9. The van der Waals surface area contributed by atoms with Crippen molar-refractivity contribution in [2.75, 3.05) is 31.6 Å². The topological polar surface area (TPSA) is 75.7 Å². The third-order valence-electron chi connectivity index (χ3n) is 4.62. The summed E-state index contributed by atoms with van der Waals surface area (Å²) in [5, 5.41) is 3.05. The number of anilines is 1. The molecule has 0 aromatic heterocycles. The first kappa shape index (κ1) is 20.8. The number of rotatable bonds is 5. The van der Waals surface area contributed by atoms with Gasteiger partial charge in [-0.1, -0.05) is 43.6 Å². The van der Waals surface area contributed by atoms with Crippen LogP contribution in [0.2, 0.25) is 5.02 Å². The van der Waals surface area contributed by atoms with Crippen molar-refractivity contribution in [3.63, 3.8) is 0 Å². The van der Waals surface area contributed by atoms with E-state index in [1.807, 2.05) is 38.1 Å². The first-order chi connectivity index (χ1) is 13.3. The van der Waals surface area contributed by atoms with Gasteiger partial charge in [0.05, 0.1) is 28.7 Å². The third-order valence-corrected chi connectivity index (χ3v) is 6.85. The van der Waals surface area contributed by atoms with E-state index in [1.165, 1.54) is 22.5 Å². The molecule has 2 aromatic rings. The Labute approximate surface area is 170 Å². The Kier molecular flexibility index (Phi) is 6.40. The number of hydrogen-bond acceptors (Lipinski definition) is 4. The van der Waals surface area contributed by atoms with E-state index in [1.54, 1.807) is 0 Å². The minimum Gasteiger partial charge on any atom is -0.379 e. The number of benzene rings is 2. The minimum atomic E-state index is -3.71. The van der Waals surface area contributed by atoms with Gasteiger partial charge in [-0.3, -0.25) is 4.79 Å². The highest BCUT2D eigenvalue weighted by Gasteiger charge is 2.27. The zero-order valence-corrected chi connectivity index (χ0v) is 17.4. The van der Waals surface area contributed by atoms with Crippen molar-refractivity contribution >= 4 is 33.2 Å². The minimum absolute atomic E-state index is 0.0427. The molecule has 1 heterocycles. The fraction of sp³-hybridized carbons (Fsp3) is 0.350. The number of para-hydroxylation sites is 1. The van der Waals surface area contributed by atoms with Gasteiger partial charge in [0.1, 0.15) is 0 Å². The molecule has 0 atom stereocenters. The number of carbonyl (C=O) groups is 1. The summed E-state index contributed by atoms with van der Waals surface area (Å²) in [5.74, 6) is -0.225. The number of ether oxygens (including phenoxy) is 1. The van der Waals surface area contributed by atoms with E-state index >= 15 is 0 Å². The van der Waals surface area contributed by atoms with Gasteiger partial charge in [0.15, 0.2) is 0 Å². The number of morpholine rings is 1. The van der Waals surface area contributed by atoms with Gasteiger partial charge < -0.3 is 10.1 Å². The van der Waals surface area contributed by atoms with Crippen LogP contribution in [0, 0.1) is 0 Å². The lowest BCUT2D eigenvalue weighted by molar-refractivity contribution is 0.0730. The van der Waals surface area contributed by atoms with E-state index in [0.717, 1.165) is 5.56 Å². The third kappa shape index (κ3) is 4.38. The van der Waals surface area contributed by atoms with Crippen molar-refractivity contribution in [2.24, 2.45) is 0 Å². The quantitative estimate of drug-likeness (QED) is 0.796. The zero-order chi connectivity index (χ0) is 20.3. The Morgan fingerprint density at radius 2 is 1.82 bits per heavy atom. The highest BCUT2D eigenvalue weighted by molar-refractivity contribution is 7.89. The SMILES string of the molecule is CC(C)c1ccccc1NC(=O)c1cc(S(=O)(=O)N2CCOCC2)ccc1Cl. The summed E-state index contributed by atoms with van der Waals surface area (Å²) in [6.45, 7) is 5.35. The summed E-state index contributed by atoms with van der Waals surface area (Å²) >= 11 is 6.21. The maximum atomic E-state index is 12.9. The Morgan fingerprint density at radius 3 is 2.50 bits per heavy atom. The van der Waals surface area contributed by atoms with Crippen LogP contribution in [0.15, 0.2) is 47.4 Å². The van der Waals surface area contributed by atoms with Crippen molar-refractivity contribution in [3.8, 4) is 0 Å². The predicted molar refractivity (Wildman–Crippen MR) is 110 cm³/mol. The molecule has 8 heteroatoms. The zero-order valence-electron chi connectivity index (χ0n) is 15.8. The first-order valence-electron chi connectivity index (χ1n) is 9.08. The van der Waals surface area contributed by atoms with Gasteiger partial charge in [-0.2, -0.15) is 4.31 Å². The van der Waals surface area contributed by atoms with Crippen molar-refractivity contribution in [1.29, 1.82) is 0 Å². The lowest BCUT2D eigenvalue weighted by atomic mass is 10.0. The number of sulfonamides is 1. The second kappa shape index (κ2) is 8.61. The van der Waals surface area contributed by atoms with Gasteiger partial charge in [0.2, 0.25) is 10.0 Å². The van der Waals surface area contributed by atoms with Crippen molar-refractivity contribution in [1.82, 2.24) is 4.31 Å². The fourth-order valence-corrected chi connectivity index (χ4v) is 4.72. The number of nitrogens with zero attached hydrogens (tertiary/aromatic N) is 1. The monoisotopic (exact) mass is 422 g/mol. The molecule has 1 amide bonds. The molecule has 1 N–H and O–H groups in total. The van der Waals surface area contributed by atoms with Gasteiger partial charge in [0, 0.05) is 18.8 Å². The van der Waals surface area contributed by atoms with Crippen LogP contribution in [0.5, 0.6) is 0 Å². The van der Waals surface area contributed by atoms with E-state index in [9.17, 15) is 13.2 Å². The maximum absolute atomic E-state index is 12.9. The number of hydrogen-bond donors (Lipinski definition) is 1. The van der Waals surface area contributed by atoms with E-state index in [-0.39, 0.29) is 34.5 Å². The number of amides is 1. The average Bonchev–Trinajstić information content (AvgIpc) is 2.69. The molecule has 1 aliphatic heterocycles. The molecule has 28 heavy (non-hydrogen) atoms. The van der Waals surface area contributed by atoms with Gasteiger partial charge in [0.25, 0.3) is 5.91 Å². The molecule has 150 valence electrons. The largest absolute Gasteiger partial charge is 0.379 e. The van der Waals surface area contributed by atoms with E-state index in [2.05, 4.69) is 5.32 Å². The Bertz CT molecular complexity index is 970. The molecule has 1 aliphatic rings. The summed E-state index contributed by atoms with van der Waals surface area (Å²) in [6.07, 6.45) is 0. The van der Waals surface area contributed by atoms with Gasteiger partial charge in [-0.25, -0.2) is 8.42 Å². The highest BCUT2D eigenvalue weighted by atomic mass is 35.5. The summed E-state index contributed by atoms with van der Waals surface area (Å²) < 4.78 is 32.3. The van der Waals surface area contributed by atoms with Crippen LogP contribution in [-0.4, -0.2) is 44.9 Å². The van der Waals surface area contributed by atoms with Crippen molar-refractivity contribution in [3.05, 3.63) is 58.6 Å². The molecular weight excluding hydrogens is 400 g/mol. The molecule has 0 unspecified atom stereocenters. The lowest BCUT2D eigenvalue weighted by Crippen LogP contribution is -2.40. The number of carbonyl (C=O) groups excluding carboxylic acids is 1. The van der Waals surface area contributed by atoms with E-state index in [4.69, 9.17) is 16.3 Å². The van der Waals surface area contributed by atoms with Gasteiger partial charge in [-0.15, -0.1) is 0 Å². The number of halogens is 1. The molecule has 0 bridgehead atoms. The normalized spacial score (nSPS) is 15.6. The number of nitrogens with one attached hydrogen (secondary N) is 1. The lowest BCUT2D eigenvalue weighted by Gasteiger charge is -2.26. The molecule has 0 aliphatic carbocycles. The summed E-state index contributed by atoms with van der Waals surface area (Å²) in [4.78, 5) is 12.9. The van der Waals surface area contributed by atoms with Gasteiger partial charge in [-0.05, 0) is 35.7 Å². The summed E-state index contributed by atoms with van der Waals surface area (Å²) in [7, 11) is -3.71. The van der Waals surface area contributed by atoms with Crippen LogP contribution in [0.3, 0.4) is 0 Å². The summed E-state index contributed by atoms with van der Waals surface area (Å²) in [5.41, 5.74) is 1.79. The standard InChI is InChI=1S/C20H23ClN2O4S/c1-14(2)16-5-3-4-6-19(16)22-20(24)17-13-15(7-8-18(17)21)28(25,26)23-9-11-27-12-10-23/h3-8,13-14H,9-12H2,1-2H3,(H,22,24). The van der Waals surface area contributed by atoms with Gasteiger partial charge >= 0.3 is 0 Å². The van der Waals surface area contributed by atoms with Crippen LogP contribution < -0.4 is 5.32 Å². The maximum Gasteiger partial charge on any atom is 0.257 e. The second-order valence-corrected chi connectivity index (χ2v) is 9.20. The van der Waals surface area contributed by atoms with E-state index in [0.29, 0.717) is 18.9 Å². The Hall–Kier alpha value is -1.93.